The zero-order chi connectivity index (χ0) is 13.9. The van der Waals surface area contributed by atoms with Crippen LogP contribution in [0.2, 0.25) is 0 Å². The summed E-state index contributed by atoms with van der Waals surface area (Å²) in [4.78, 5) is 14.9. The highest BCUT2D eigenvalue weighted by atomic mass is 32.2. The van der Waals surface area contributed by atoms with E-state index in [1.165, 1.54) is 21.6 Å². The first-order valence-corrected chi connectivity index (χ1v) is 7.79. The fourth-order valence-electron chi connectivity index (χ4n) is 2.47. The lowest BCUT2D eigenvalue weighted by Crippen LogP contribution is -2.29. The van der Waals surface area contributed by atoms with E-state index in [0.717, 1.165) is 18.8 Å². The number of amides is 1. The molecule has 1 amide bonds. The van der Waals surface area contributed by atoms with E-state index < -0.39 is 0 Å². The van der Waals surface area contributed by atoms with E-state index in [1.807, 2.05) is 22.7 Å². The largest absolute Gasteiger partial charge is 0.338 e. The van der Waals surface area contributed by atoms with Crippen LogP contribution in [-0.2, 0) is 11.3 Å². The highest BCUT2D eigenvalue weighted by Gasteiger charge is 2.17. The molecule has 1 heterocycles. The Balaban J connectivity index is 0.00000161. The predicted molar refractivity (Wildman–Crippen MR) is 90.4 cm³/mol. The lowest BCUT2D eigenvalue weighted by Gasteiger charge is -2.18. The van der Waals surface area contributed by atoms with Crippen molar-refractivity contribution in [2.45, 2.75) is 25.8 Å². The summed E-state index contributed by atoms with van der Waals surface area (Å²) in [5.74, 6) is 1.13. The van der Waals surface area contributed by atoms with Crippen LogP contribution >= 0.6 is 11.8 Å². The van der Waals surface area contributed by atoms with Gasteiger partial charge in [-0.25, -0.2) is 0 Å². The number of carbonyl (C=O) groups excluding carboxylic acids is 1. The van der Waals surface area contributed by atoms with Crippen molar-refractivity contribution < 1.29 is 4.79 Å². The number of hydrogen-bond acceptors (Lipinski definition) is 2. The van der Waals surface area contributed by atoms with Crippen LogP contribution in [0.1, 0.15) is 19.9 Å². The molecule has 2 aromatic rings. The lowest BCUT2D eigenvalue weighted by atomic mass is 10.0. The van der Waals surface area contributed by atoms with Crippen LogP contribution in [-0.4, -0.2) is 23.1 Å². The molecule has 3 heteroatoms. The molecule has 0 saturated heterocycles. The molecule has 3 rings (SSSR count). The van der Waals surface area contributed by atoms with E-state index >= 15 is 0 Å². The fraction of sp³-hybridized carbons (Fsp3) is 0.278. The summed E-state index contributed by atoms with van der Waals surface area (Å²) in [6.07, 6.45) is 0. The molecule has 0 radical (unpaired) electrons. The fourth-order valence-corrected chi connectivity index (χ4v) is 3.48. The average Bonchev–Trinajstić information content (AvgIpc) is 2.69. The van der Waals surface area contributed by atoms with Crippen molar-refractivity contribution in [3.05, 3.63) is 54.1 Å². The Morgan fingerprint density at radius 3 is 2.57 bits per heavy atom. The van der Waals surface area contributed by atoms with Gasteiger partial charge in [0.1, 0.15) is 0 Å². The van der Waals surface area contributed by atoms with E-state index in [1.54, 1.807) is 6.92 Å². The van der Waals surface area contributed by atoms with Crippen LogP contribution in [0.3, 0.4) is 0 Å². The van der Waals surface area contributed by atoms with Gasteiger partial charge in [0, 0.05) is 30.7 Å². The smallest absolute Gasteiger partial charge is 0.219 e. The summed E-state index contributed by atoms with van der Waals surface area (Å²) in [6.45, 7) is 3.20. The second kappa shape index (κ2) is 6.81. The van der Waals surface area contributed by atoms with Crippen LogP contribution < -0.4 is 0 Å². The Hall–Kier alpha value is -1.74. The first-order valence-electron chi connectivity index (χ1n) is 6.81. The molecule has 0 fully saturated rings. The molecule has 2 aromatic carbocycles. The molecule has 110 valence electrons. The van der Waals surface area contributed by atoms with Gasteiger partial charge in [-0.3, -0.25) is 4.79 Å². The first kappa shape index (κ1) is 15.6. The van der Waals surface area contributed by atoms with E-state index in [0.29, 0.717) is 0 Å². The average molecular weight is 299 g/mol. The van der Waals surface area contributed by atoms with Gasteiger partial charge in [0.15, 0.2) is 0 Å². The molecule has 1 aliphatic heterocycles. The maximum absolute atomic E-state index is 11.6. The van der Waals surface area contributed by atoms with Crippen molar-refractivity contribution in [3.8, 4) is 11.1 Å². The third-order valence-corrected chi connectivity index (χ3v) is 4.69. The molecule has 0 spiro atoms. The molecule has 1 aliphatic rings. The summed E-state index contributed by atoms with van der Waals surface area (Å²) >= 11 is 1.84. The maximum Gasteiger partial charge on any atom is 0.219 e. The van der Waals surface area contributed by atoms with Crippen molar-refractivity contribution in [3.63, 3.8) is 0 Å². The molecule has 0 saturated carbocycles. The van der Waals surface area contributed by atoms with Crippen LogP contribution in [0, 0.1) is 0 Å². The number of thioether (sulfide) groups is 1. The van der Waals surface area contributed by atoms with E-state index in [9.17, 15) is 4.79 Å². The van der Waals surface area contributed by atoms with E-state index in [-0.39, 0.29) is 13.3 Å². The summed E-state index contributed by atoms with van der Waals surface area (Å²) in [5, 5.41) is 0. The molecular weight excluding hydrogens is 278 g/mol. The third-order valence-electron chi connectivity index (χ3n) is 3.59. The van der Waals surface area contributed by atoms with Gasteiger partial charge in [-0.05, 0) is 28.8 Å². The lowest BCUT2D eigenvalue weighted by molar-refractivity contribution is -0.129. The molecule has 0 atom stereocenters. The number of rotatable bonds is 1. The summed E-state index contributed by atoms with van der Waals surface area (Å²) in [5.41, 5.74) is 3.69. The summed E-state index contributed by atoms with van der Waals surface area (Å²) < 4.78 is 0. The van der Waals surface area contributed by atoms with Crippen molar-refractivity contribution in [2.75, 3.05) is 12.3 Å². The Bertz CT molecular complexity index is 624. The van der Waals surface area contributed by atoms with E-state index in [4.69, 9.17) is 0 Å². The van der Waals surface area contributed by atoms with Crippen molar-refractivity contribution in [2.24, 2.45) is 0 Å². The second-order valence-electron chi connectivity index (χ2n) is 4.98. The van der Waals surface area contributed by atoms with Crippen molar-refractivity contribution >= 4 is 17.7 Å². The Kier molecular flexibility index (Phi) is 5.07. The molecule has 2 nitrogen and oxygen atoms in total. The maximum atomic E-state index is 11.6. The minimum absolute atomic E-state index is 0. The normalized spacial score (nSPS) is 13.9. The number of hydrogen-bond donors (Lipinski definition) is 0. The Morgan fingerprint density at radius 1 is 1.10 bits per heavy atom. The van der Waals surface area contributed by atoms with Crippen LogP contribution in [0.5, 0.6) is 0 Å². The van der Waals surface area contributed by atoms with Gasteiger partial charge in [0.25, 0.3) is 0 Å². The number of nitrogens with zero attached hydrogens (tertiary/aromatic N) is 1. The SMILES string of the molecule is C.CC(=O)N1CCSc2ccc(-c3ccccc3)cc2C1. The molecule has 0 aromatic heterocycles. The molecular formula is C18H21NOS. The Morgan fingerprint density at radius 2 is 1.86 bits per heavy atom. The van der Waals surface area contributed by atoms with Crippen molar-refractivity contribution in [1.82, 2.24) is 4.90 Å². The summed E-state index contributed by atoms with van der Waals surface area (Å²) in [7, 11) is 0. The molecule has 0 bridgehead atoms. The van der Waals surface area contributed by atoms with Crippen LogP contribution in [0.25, 0.3) is 11.1 Å². The van der Waals surface area contributed by atoms with Crippen LogP contribution in [0.4, 0.5) is 0 Å². The number of benzene rings is 2. The van der Waals surface area contributed by atoms with Crippen molar-refractivity contribution in [1.29, 1.82) is 0 Å². The van der Waals surface area contributed by atoms with Gasteiger partial charge in [0.05, 0.1) is 0 Å². The first-order chi connectivity index (χ1) is 9.74. The zero-order valence-corrected chi connectivity index (χ0v) is 12.3. The standard InChI is InChI=1S/C17H17NOS.CH4/c1-13(19)18-9-10-20-17-8-7-15(11-16(17)12-18)14-5-3-2-4-6-14;/h2-8,11H,9-10,12H2,1H3;1H4. The third kappa shape index (κ3) is 3.48. The topological polar surface area (TPSA) is 20.3 Å². The number of carbonyl (C=O) groups is 1. The van der Waals surface area contributed by atoms with Gasteiger partial charge in [-0.2, -0.15) is 0 Å². The molecule has 21 heavy (non-hydrogen) atoms. The highest BCUT2D eigenvalue weighted by Crippen LogP contribution is 2.31. The van der Waals surface area contributed by atoms with E-state index in [2.05, 4.69) is 42.5 Å². The van der Waals surface area contributed by atoms with Crippen LogP contribution in [0.15, 0.2) is 53.4 Å². The zero-order valence-electron chi connectivity index (χ0n) is 11.5. The molecule has 0 aliphatic carbocycles. The van der Waals surface area contributed by atoms with Gasteiger partial charge in [-0.15, -0.1) is 11.8 Å². The monoisotopic (exact) mass is 299 g/mol. The number of fused-ring (bicyclic) bond motifs is 1. The highest BCUT2D eigenvalue weighted by molar-refractivity contribution is 7.99. The minimum Gasteiger partial charge on any atom is -0.338 e. The molecule has 0 unspecified atom stereocenters. The quantitative estimate of drug-likeness (QED) is 0.775. The van der Waals surface area contributed by atoms with Gasteiger partial charge in [-0.1, -0.05) is 43.8 Å². The Labute approximate surface area is 131 Å². The van der Waals surface area contributed by atoms with Gasteiger partial charge in [0.2, 0.25) is 5.91 Å². The second-order valence-corrected chi connectivity index (χ2v) is 6.11. The minimum atomic E-state index is 0. The van der Waals surface area contributed by atoms with Gasteiger partial charge < -0.3 is 4.90 Å². The van der Waals surface area contributed by atoms with Gasteiger partial charge >= 0.3 is 0 Å². The molecule has 0 N–H and O–H groups in total. The predicted octanol–water partition coefficient (Wildman–Crippen LogP) is 4.44. The summed E-state index contributed by atoms with van der Waals surface area (Å²) in [6, 6.07) is 17.0.